The molecule has 2 aromatic carbocycles. The highest BCUT2D eigenvalue weighted by Gasteiger charge is 2.29. The molecule has 0 spiro atoms. The van der Waals surface area contributed by atoms with Gasteiger partial charge in [-0.25, -0.2) is 4.39 Å². The van der Waals surface area contributed by atoms with Crippen LogP contribution in [-0.2, 0) is 0 Å². The largest absolute Gasteiger partial charge is 0.494 e. The molecule has 0 aliphatic carbocycles. The standard InChI is InChI=1S/C17H16ClFO2/c1-20-16-7-6-11(10-14(16)19)17(18)13-8-9-21-15-5-3-2-4-12(13)15/h2-7,10,13,17H,8-9H2,1H3. The number of halogens is 2. The third kappa shape index (κ3) is 2.70. The number of rotatable bonds is 3. The van der Waals surface area contributed by atoms with Gasteiger partial charge in [0.15, 0.2) is 11.6 Å². The van der Waals surface area contributed by atoms with E-state index in [2.05, 4.69) is 0 Å². The van der Waals surface area contributed by atoms with Gasteiger partial charge in [-0.2, -0.15) is 0 Å². The first-order valence-electron chi connectivity index (χ1n) is 6.90. The van der Waals surface area contributed by atoms with E-state index in [1.54, 1.807) is 6.07 Å². The normalized spacial score (nSPS) is 18.5. The quantitative estimate of drug-likeness (QED) is 0.767. The predicted octanol–water partition coefficient (Wildman–Crippen LogP) is 4.68. The topological polar surface area (TPSA) is 18.5 Å². The van der Waals surface area contributed by atoms with Crippen LogP contribution >= 0.6 is 11.6 Å². The molecule has 2 atom stereocenters. The van der Waals surface area contributed by atoms with Gasteiger partial charge >= 0.3 is 0 Å². The zero-order valence-corrected chi connectivity index (χ0v) is 12.4. The average molecular weight is 307 g/mol. The Balaban J connectivity index is 1.92. The van der Waals surface area contributed by atoms with Crippen LogP contribution in [0.4, 0.5) is 4.39 Å². The maximum Gasteiger partial charge on any atom is 0.165 e. The van der Waals surface area contributed by atoms with Crippen molar-refractivity contribution in [1.82, 2.24) is 0 Å². The van der Waals surface area contributed by atoms with Crippen LogP contribution < -0.4 is 9.47 Å². The lowest BCUT2D eigenvalue weighted by Gasteiger charge is -2.29. The zero-order chi connectivity index (χ0) is 14.8. The van der Waals surface area contributed by atoms with E-state index < -0.39 is 0 Å². The van der Waals surface area contributed by atoms with Crippen molar-refractivity contribution in [3.05, 3.63) is 59.4 Å². The molecule has 0 saturated carbocycles. The fraction of sp³-hybridized carbons (Fsp3) is 0.294. The van der Waals surface area contributed by atoms with Gasteiger partial charge in [-0.15, -0.1) is 11.6 Å². The van der Waals surface area contributed by atoms with Gasteiger partial charge in [0.05, 0.1) is 19.1 Å². The number of methoxy groups -OCH3 is 1. The Morgan fingerprint density at radius 3 is 2.86 bits per heavy atom. The van der Waals surface area contributed by atoms with Crippen LogP contribution in [-0.4, -0.2) is 13.7 Å². The van der Waals surface area contributed by atoms with Crippen molar-refractivity contribution in [2.24, 2.45) is 0 Å². The molecule has 0 fully saturated rings. The van der Waals surface area contributed by atoms with Crippen molar-refractivity contribution in [3.8, 4) is 11.5 Å². The van der Waals surface area contributed by atoms with Crippen molar-refractivity contribution >= 4 is 11.6 Å². The molecule has 110 valence electrons. The Morgan fingerprint density at radius 2 is 2.10 bits per heavy atom. The Bertz CT molecular complexity index is 644. The number of hydrogen-bond donors (Lipinski definition) is 0. The van der Waals surface area contributed by atoms with Gasteiger partial charge in [-0.1, -0.05) is 24.3 Å². The van der Waals surface area contributed by atoms with Crippen molar-refractivity contribution in [2.45, 2.75) is 17.7 Å². The summed E-state index contributed by atoms with van der Waals surface area (Å²) in [4.78, 5) is 0. The van der Waals surface area contributed by atoms with Crippen LogP contribution in [0.15, 0.2) is 42.5 Å². The van der Waals surface area contributed by atoms with Crippen molar-refractivity contribution < 1.29 is 13.9 Å². The third-order valence-corrected chi connectivity index (χ3v) is 4.41. The highest BCUT2D eigenvalue weighted by molar-refractivity contribution is 6.21. The summed E-state index contributed by atoms with van der Waals surface area (Å²) in [5, 5.41) is -0.296. The van der Waals surface area contributed by atoms with Crippen LogP contribution in [0.25, 0.3) is 0 Å². The molecule has 1 aliphatic rings. The number of para-hydroxylation sites is 1. The van der Waals surface area contributed by atoms with Crippen molar-refractivity contribution in [1.29, 1.82) is 0 Å². The number of benzene rings is 2. The van der Waals surface area contributed by atoms with E-state index in [0.29, 0.717) is 6.61 Å². The molecule has 0 N–H and O–H groups in total. The van der Waals surface area contributed by atoms with Gasteiger partial charge in [0.25, 0.3) is 0 Å². The molecule has 3 rings (SSSR count). The molecular weight excluding hydrogens is 291 g/mol. The maximum absolute atomic E-state index is 13.9. The fourth-order valence-electron chi connectivity index (χ4n) is 2.76. The van der Waals surface area contributed by atoms with E-state index in [4.69, 9.17) is 21.1 Å². The maximum atomic E-state index is 13.9. The average Bonchev–Trinajstić information content (AvgIpc) is 2.53. The summed E-state index contributed by atoms with van der Waals surface area (Å²) in [6, 6.07) is 12.8. The van der Waals surface area contributed by atoms with E-state index in [0.717, 1.165) is 23.3 Å². The molecular formula is C17H16ClFO2. The minimum atomic E-state index is -0.388. The summed E-state index contributed by atoms with van der Waals surface area (Å²) in [6.07, 6.45) is 0.818. The Hall–Kier alpha value is -1.74. The van der Waals surface area contributed by atoms with E-state index in [9.17, 15) is 4.39 Å². The second-order valence-corrected chi connectivity index (χ2v) is 5.55. The summed E-state index contributed by atoms with van der Waals surface area (Å²) >= 11 is 6.62. The lowest BCUT2D eigenvalue weighted by atomic mass is 9.87. The second kappa shape index (κ2) is 5.94. The number of alkyl halides is 1. The third-order valence-electron chi connectivity index (χ3n) is 3.85. The van der Waals surface area contributed by atoms with Crippen molar-refractivity contribution in [2.75, 3.05) is 13.7 Å². The Labute approximate surface area is 128 Å². The van der Waals surface area contributed by atoms with Crippen molar-refractivity contribution in [3.63, 3.8) is 0 Å². The molecule has 1 heterocycles. The molecule has 2 unspecified atom stereocenters. The monoisotopic (exact) mass is 306 g/mol. The minimum Gasteiger partial charge on any atom is -0.494 e. The van der Waals surface area contributed by atoms with Gasteiger partial charge in [-0.3, -0.25) is 0 Å². The molecule has 1 aliphatic heterocycles. The second-order valence-electron chi connectivity index (χ2n) is 5.08. The molecule has 0 amide bonds. The number of ether oxygens (including phenoxy) is 2. The summed E-state index contributed by atoms with van der Waals surface area (Å²) < 4.78 is 24.5. The summed E-state index contributed by atoms with van der Waals surface area (Å²) in [5.74, 6) is 0.828. The summed E-state index contributed by atoms with van der Waals surface area (Å²) in [6.45, 7) is 0.629. The van der Waals surface area contributed by atoms with Crippen LogP contribution in [0.3, 0.4) is 0 Å². The molecule has 0 bridgehead atoms. The molecule has 4 heteroatoms. The van der Waals surface area contributed by atoms with Crippen LogP contribution in [0.1, 0.15) is 28.8 Å². The molecule has 2 nitrogen and oxygen atoms in total. The van der Waals surface area contributed by atoms with Gasteiger partial charge in [0.1, 0.15) is 5.75 Å². The molecule has 21 heavy (non-hydrogen) atoms. The highest BCUT2D eigenvalue weighted by Crippen LogP contribution is 2.45. The van der Waals surface area contributed by atoms with E-state index >= 15 is 0 Å². The van der Waals surface area contributed by atoms with E-state index in [-0.39, 0.29) is 22.9 Å². The smallest absolute Gasteiger partial charge is 0.165 e. The molecule has 0 radical (unpaired) electrons. The van der Waals surface area contributed by atoms with Gasteiger partial charge < -0.3 is 9.47 Å². The lowest BCUT2D eigenvalue weighted by molar-refractivity contribution is 0.265. The number of hydrogen-bond acceptors (Lipinski definition) is 2. The van der Waals surface area contributed by atoms with E-state index in [1.807, 2.05) is 30.3 Å². The van der Waals surface area contributed by atoms with Gasteiger partial charge in [0.2, 0.25) is 0 Å². The first kappa shape index (κ1) is 14.2. The van der Waals surface area contributed by atoms with E-state index in [1.165, 1.54) is 13.2 Å². The lowest BCUT2D eigenvalue weighted by Crippen LogP contribution is -2.17. The molecule has 2 aromatic rings. The first-order valence-corrected chi connectivity index (χ1v) is 7.33. The van der Waals surface area contributed by atoms with Crippen LogP contribution in [0, 0.1) is 5.82 Å². The predicted molar refractivity (Wildman–Crippen MR) is 80.8 cm³/mol. The molecule has 0 saturated heterocycles. The number of fused-ring (bicyclic) bond motifs is 1. The Kier molecular flexibility index (Phi) is 4.02. The summed E-state index contributed by atoms with van der Waals surface area (Å²) in [7, 11) is 1.45. The minimum absolute atomic E-state index is 0.115. The van der Waals surface area contributed by atoms with Crippen LogP contribution in [0.5, 0.6) is 11.5 Å². The first-order chi connectivity index (χ1) is 10.2. The SMILES string of the molecule is COc1ccc(C(Cl)C2CCOc3ccccc32)cc1F. The highest BCUT2D eigenvalue weighted by atomic mass is 35.5. The van der Waals surface area contributed by atoms with Crippen LogP contribution in [0.2, 0.25) is 0 Å². The Morgan fingerprint density at radius 1 is 1.29 bits per heavy atom. The molecule has 0 aromatic heterocycles. The zero-order valence-electron chi connectivity index (χ0n) is 11.7. The van der Waals surface area contributed by atoms with Gasteiger partial charge in [-0.05, 0) is 35.7 Å². The van der Waals surface area contributed by atoms with Gasteiger partial charge in [0, 0.05) is 5.92 Å². The summed E-state index contributed by atoms with van der Waals surface area (Å²) in [5.41, 5.74) is 1.84. The fourth-order valence-corrected chi connectivity index (χ4v) is 3.16.